The van der Waals surface area contributed by atoms with Crippen molar-refractivity contribution in [2.45, 2.75) is 70.4 Å². The molecule has 9 heteroatoms. The van der Waals surface area contributed by atoms with Crippen LogP contribution in [-0.4, -0.2) is 49.4 Å². The molecule has 6 nitrogen and oxygen atoms in total. The molecule has 1 saturated heterocycles. The quantitative estimate of drug-likeness (QED) is 0.677. The van der Waals surface area contributed by atoms with Crippen LogP contribution in [0.25, 0.3) is 0 Å². The first-order valence-corrected chi connectivity index (χ1v) is 10.8. The number of ether oxygens (including phenoxy) is 2. The Hall–Kier alpha value is -1.71. The highest BCUT2D eigenvalue weighted by atomic mass is 19.4. The number of nitrogens with one attached hydrogen (secondary N) is 2. The molecule has 1 amide bonds. The molecule has 0 bridgehead atoms. The summed E-state index contributed by atoms with van der Waals surface area (Å²) in [5.41, 5.74) is -1.03. The number of nitrogens with zero attached hydrogens (tertiary/aromatic N) is 1. The number of carbonyl (C=O) groups excluding carboxylic acids is 1. The molecule has 1 aliphatic heterocycles. The molecule has 2 unspecified atom stereocenters. The van der Waals surface area contributed by atoms with Gasteiger partial charge in [-0.1, -0.05) is 13.8 Å². The van der Waals surface area contributed by atoms with Crippen molar-refractivity contribution in [1.82, 2.24) is 15.6 Å². The van der Waals surface area contributed by atoms with Crippen LogP contribution in [0, 0.1) is 11.3 Å². The Morgan fingerprint density at radius 1 is 1.35 bits per heavy atom. The lowest BCUT2D eigenvalue weighted by molar-refractivity contribution is -0.137. The topological polar surface area (TPSA) is 72.5 Å². The summed E-state index contributed by atoms with van der Waals surface area (Å²) in [5, 5.41) is 6.53. The van der Waals surface area contributed by atoms with Gasteiger partial charge < -0.3 is 20.1 Å². The van der Waals surface area contributed by atoms with Crippen LogP contribution < -0.4 is 10.6 Å². The van der Waals surface area contributed by atoms with Crippen LogP contribution in [0.3, 0.4) is 0 Å². The van der Waals surface area contributed by atoms with Crippen LogP contribution in [0.4, 0.5) is 13.2 Å². The normalized spacial score (nSPS) is 29.3. The monoisotopic (exact) mass is 443 g/mol. The Kier molecular flexibility index (Phi) is 7.59. The molecule has 3 rings (SSSR count). The Labute approximate surface area is 181 Å². The summed E-state index contributed by atoms with van der Waals surface area (Å²) in [7, 11) is 1.68. The van der Waals surface area contributed by atoms with Gasteiger partial charge in [-0.3, -0.25) is 9.78 Å². The zero-order valence-corrected chi connectivity index (χ0v) is 18.3. The Morgan fingerprint density at radius 3 is 2.81 bits per heavy atom. The first-order chi connectivity index (χ1) is 14.7. The average molecular weight is 444 g/mol. The Morgan fingerprint density at radius 2 is 2.13 bits per heavy atom. The van der Waals surface area contributed by atoms with Gasteiger partial charge in [-0.05, 0) is 43.2 Å². The minimum Gasteiger partial charge on any atom is -0.379 e. The second kappa shape index (κ2) is 9.83. The highest BCUT2D eigenvalue weighted by Crippen LogP contribution is 2.45. The number of carbonyl (C=O) groups is 1. The summed E-state index contributed by atoms with van der Waals surface area (Å²) >= 11 is 0. The van der Waals surface area contributed by atoms with E-state index >= 15 is 0 Å². The summed E-state index contributed by atoms with van der Waals surface area (Å²) in [6.07, 6.45) is 0.819. The molecule has 0 spiro atoms. The van der Waals surface area contributed by atoms with Crippen molar-refractivity contribution >= 4 is 5.91 Å². The van der Waals surface area contributed by atoms with Gasteiger partial charge in [0, 0.05) is 44.7 Å². The summed E-state index contributed by atoms with van der Waals surface area (Å²) in [4.78, 5) is 16.9. The number of methoxy groups -OCH3 is 1. The third kappa shape index (κ3) is 5.56. The van der Waals surface area contributed by atoms with E-state index in [1.807, 2.05) is 13.8 Å². The van der Waals surface area contributed by atoms with Gasteiger partial charge in [-0.25, -0.2) is 0 Å². The number of pyridine rings is 1. The van der Waals surface area contributed by atoms with Gasteiger partial charge in [0.2, 0.25) is 5.91 Å². The third-order valence-corrected chi connectivity index (χ3v) is 6.74. The standard InChI is InChI=1S/C22H32F3N3O3/c1-14(2)21(6-4-17(9-21)28-18-5-7-31-13-19(18)30-3)20(29)27-11-15-8-16(12-26-10-15)22(23,24)25/h8,10,12,14,17-19,28H,4-7,9,11,13H2,1-3H3,(H,27,29)/t17-,18?,19?,21+/m1/s1. The summed E-state index contributed by atoms with van der Waals surface area (Å²) < 4.78 is 49.8. The number of alkyl halides is 3. The predicted octanol–water partition coefficient (Wildman–Crippen LogP) is 3.31. The molecule has 174 valence electrons. The molecular weight excluding hydrogens is 411 g/mol. The molecule has 4 atom stereocenters. The van der Waals surface area contributed by atoms with E-state index in [2.05, 4.69) is 15.6 Å². The van der Waals surface area contributed by atoms with Crippen molar-refractivity contribution in [2.75, 3.05) is 20.3 Å². The second-order valence-electron chi connectivity index (χ2n) is 8.92. The lowest BCUT2D eigenvalue weighted by atomic mass is 9.74. The van der Waals surface area contributed by atoms with Crippen molar-refractivity contribution in [2.24, 2.45) is 11.3 Å². The Bertz CT molecular complexity index is 759. The molecule has 31 heavy (non-hydrogen) atoms. The SMILES string of the molecule is COC1COCCC1N[C@@H]1CC[C@@](C(=O)NCc2cncc(C(F)(F)F)c2)(C(C)C)C1. The van der Waals surface area contributed by atoms with E-state index in [1.165, 1.54) is 6.20 Å². The minimum atomic E-state index is -4.46. The molecule has 1 aliphatic carbocycles. The number of hydrogen-bond acceptors (Lipinski definition) is 5. The maximum atomic E-state index is 13.2. The maximum Gasteiger partial charge on any atom is 0.417 e. The molecule has 1 aromatic heterocycles. The molecule has 2 N–H and O–H groups in total. The van der Waals surface area contributed by atoms with Crippen LogP contribution in [-0.2, 0) is 27.0 Å². The molecule has 2 aliphatic rings. The van der Waals surface area contributed by atoms with E-state index < -0.39 is 17.2 Å². The van der Waals surface area contributed by atoms with Gasteiger partial charge in [0.15, 0.2) is 0 Å². The molecule has 2 heterocycles. The van der Waals surface area contributed by atoms with Gasteiger partial charge in [-0.2, -0.15) is 13.2 Å². The van der Waals surface area contributed by atoms with Crippen molar-refractivity contribution < 1.29 is 27.4 Å². The molecule has 1 saturated carbocycles. The van der Waals surface area contributed by atoms with Crippen molar-refractivity contribution in [1.29, 1.82) is 0 Å². The zero-order chi connectivity index (χ0) is 22.6. The van der Waals surface area contributed by atoms with E-state index in [0.29, 0.717) is 25.2 Å². The van der Waals surface area contributed by atoms with Crippen LogP contribution >= 0.6 is 0 Å². The molecular formula is C22H32F3N3O3. The van der Waals surface area contributed by atoms with E-state index in [4.69, 9.17) is 9.47 Å². The number of aromatic nitrogens is 1. The number of halogens is 3. The van der Waals surface area contributed by atoms with Crippen molar-refractivity contribution in [3.05, 3.63) is 29.6 Å². The van der Waals surface area contributed by atoms with Crippen LogP contribution in [0.2, 0.25) is 0 Å². The van der Waals surface area contributed by atoms with E-state index in [9.17, 15) is 18.0 Å². The Balaban J connectivity index is 1.63. The van der Waals surface area contributed by atoms with Gasteiger partial charge >= 0.3 is 6.18 Å². The lowest BCUT2D eigenvalue weighted by Crippen LogP contribution is -2.51. The maximum absolute atomic E-state index is 13.2. The van der Waals surface area contributed by atoms with Crippen LogP contribution in [0.5, 0.6) is 0 Å². The number of hydrogen-bond donors (Lipinski definition) is 2. The largest absolute Gasteiger partial charge is 0.417 e. The summed E-state index contributed by atoms with van der Waals surface area (Å²) in [6, 6.07) is 1.40. The van der Waals surface area contributed by atoms with Crippen molar-refractivity contribution in [3.63, 3.8) is 0 Å². The van der Waals surface area contributed by atoms with Gasteiger partial charge in [0.05, 0.1) is 23.7 Å². The third-order valence-electron chi connectivity index (χ3n) is 6.74. The van der Waals surface area contributed by atoms with Gasteiger partial charge in [-0.15, -0.1) is 0 Å². The molecule has 1 aromatic rings. The van der Waals surface area contributed by atoms with E-state index in [0.717, 1.165) is 31.5 Å². The van der Waals surface area contributed by atoms with E-state index in [1.54, 1.807) is 7.11 Å². The molecule has 0 aromatic carbocycles. The fraction of sp³-hybridized carbons (Fsp3) is 0.727. The molecule has 0 radical (unpaired) electrons. The summed E-state index contributed by atoms with van der Waals surface area (Å²) in [5.74, 6) is -0.00803. The van der Waals surface area contributed by atoms with Crippen LogP contribution in [0.15, 0.2) is 18.5 Å². The highest BCUT2D eigenvalue weighted by Gasteiger charge is 2.48. The summed E-state index contributed by atoms with van der Waals surface area (Å²) in [6.45, 7) is 5.32. The fourth-order valence-corrected chi connectivity index (χ4v) is 4.75. The average Bonchev–Trinajstić information content (AvgIpc) is 3.17. The first kappa shape index (κ1) is 23.9. The molecule has 2 fully saturated rings. The smallest absolute Gasteiger partial charge is 0.379 e. The van der Waals surface area contributed by atoms with E-state index in [-0.39, 0.29) is 36.6 Å². The first-order valence-electron chi connectivity index (χ1n) is 10.8. The van der Waals surface area contributed by atoms with Crippen LogP contribution in [0.1, 0.15) is 50.7 Å². The fourth-order valence-electron chi connectivity index (χ4n) is 4.75. The number of amides is 1. The second-order valence-corrected chi connectivity index (χ2v) is 8.92. The number of rotatable bonds is 7. The minimum absolute atomic E-state index is 0.00923. The highest BCUT2D eigenvalue weighted by molar-refractivity contribution is 5.83. The zero-order valence-electron chi connectivity index (χ0n) is 18.3. The lowest BCUT2D eigenvalue weighted by Gasteiger charge is -2.35. The van der Waals surface area contributed by atoms with Gasteiger partial charge in [0.25, 0.3) is 0 Å². The predicted molar refractivity (Wildman–Crippen MR) is 109 cm³/mol. The van der Waals surface area contributed by atoms with Crippen molar-refractivity contribution in [3.8, 4) is 0 Å². The van der Waals surface area contributed by atoms with Gasteiger partial charge in [0.1, 0.15) is 0 Å².